The molecule has 0 bridgehead atoms. The molecule has 5 heteroatoms. The van der Waals surface area contributed by atoms with Crippen molar-refractivity contribution in [1.29, 1.82) is 0 Å². The summed E-state index contributed by atoms with van der Waals surface area (Å²) in [5.74, 6) is 0.109. The molecule has 1 saturated heterocycles. The molecule has 3 nitrogen and oxygen atoms in total. The summed E-state index contributed by atoms with van der Waals surface area (Å²) < 4.78 is 0. The Balaban J connectivity index is 1.63. The van der Waals surface area contributed by atoms with Gasteiger partial charge in [-0.3, -0.25) is 9.69 Å². The van der Waals surface area contributed by atoms with Crippen LogP contribution < -0.4 is 5.32 Å². The van der Waals surface area contributed by atoms with Gasteiger partial charge in [-0.2, -0.15) is 0 Å². The maximum atomic E-state index is 12.8. The smallest absolute Gasteiger partial charge is 0.228 e. The van der Waals surface area contributed by atoms with Crippen LogP contribution in [0.4, 0.5) is 5.69 Å². The molecule has 1 aliphatic heterocycles. The van der Waals surface area contributed by atoms with E-state index in [4.69, 9.17) is 23.2 Å². The van der Waals surface area contributed by atoms with Crippen molar-refractivity contribution >= 4 is 34.8 Å². The van der Waals surface area contributed by atoms with Crippen molar-refractivity contribution in [3.8, 4) is 0 Å². The van der Waals surface area contributed by atoms with Crippen molar-refractivity contribution in [3.63, 3.8) is 0 Å². The number of benzene rings is 2. The van der Waals surface area contributed by atoms with Crippen LogP contribution in [0.3, 0.4) is 0 Å². The minimum Gasteiger partial charge on any atom is -0.326 e. The number of piperidine rings is 1. The number of rotatable bonds is 5. The number of carbonyl (C=O) groups excluding carboxylic acids is 1. The number of nitrogens with zero attached hydrogens (tertiary/aromatic N) is 1. The number of nitrogens with one attached hydrogen (secondary N) is 1. The molecule has 1 fully saturated rings. The first-order valence-corrected chi connectivity index (χ1v) is 9.87. The zero-order chi connectivity index (χ0) is 18.5. The third kappa shape index (κ3) is 4.79. The molecule has 0 aliphatic carbocycles. The Morgan fingerprint density at radius 1 is 1.19 bits per heavy atom. The van der Waals surface area contributed by atoms with Crippen LogP contribution in [-0.2, 0) is 17.8 Å². The topological polar surface area (TPSA) is 32.3 Å². The van der Waals surface area contributed by atoms with Crippen molar-refractivity contribution in [3.05, 3.63) is 63.6 Å². The Morgan fingerprint density at radius 3 is 2.77 bits per heavy atom. The summed E-state index contributed by atoms with van der Waals surface area (Å²) in [7, 11) is 0. The van der Waals surface area contributed by atoms with Crippen LogP contribution in [0, 0.1) is 5.92 Å². The molecule has 0 aromatic heterocycles. The van der Waals surface area contributed by atoms with Crippen molar-refractivity contribution < 1.29 is 4.79 Å². The van der Waals surface area contributed by atoms with Gasteiger partial charge >= 0.3 is 0 Å². The zero-order valence-electron chi connectivity index (χ0n) is 15.0. The van der Waals surface area contributed by atoms with E-state index < -0.39 is 0 Å². The van der Waals surface area contributed by atoms with Gasteiger partial charge < -0.3 is 5.32 Å². The third-order valence-corrected chi connectivity index (χ3v) is 5.53. The molecule has 0 radical (unpaired) electrons. The fourth-order valence-electron chi connectivity index (χ4n) is 3.49. The monoisotopic (exact) mass is 390 g/mol. The number of aryl methyl sites for hydroxylation is 1. The largest absolute Gasteiger partial charge is 0.326 e. The molecule has 1 aliphatic rings. The molecule has 3 rings (SSSR count). The quantitative estimate of drug-likeness (QED) is 0.740. The van der Waals surface area contributed by atoms with Gasteiger partial charge in [0.25, 0.3) is 0 Å². The summed E-state index contributed by atoms with van der Waals surface area (Å²) in [6.07, 6.45) is 2.84. The minimum atomic E-state index is -0.000243. The predicted octanol–water partition coefficient (Wildman–Crippen LogP) is 5.41. The highest BCUT2D eigenvalue weighted by molar-refractivity contribution is 6.35. The molecule has 2 aromatic carbocycles. The van der Waals surface area contributed by atoms with E-state index in [-0.39, 0.29) is 11.8 Å². The third-order valence-electron chi connectivity index (χ3n) is 4.94. The van der Waals surface area contributed by atoms with Crippen molar-refractivity contribution in [1.82, 2.24) is 4.90 Å². The van der Waals surface area contributed by atoms with Gasteiger partial charge in [0.05, 0.1) is 5.92 Å². The summed E-state index contributed by atoms with van der Waals surface area (Å²) in [5, 5.41) is 4.45. The maximum Gasteiger partial charge on any atom is 0.228 e. The molecule has 1 unspecified atom stereocenters. The highest BCUT2D eigenvalue weighted by atomic mass is 35.5. The van der Waals surface area contributed by atoms with Crippen LogP contribution >= 0.6 is 23.2 Å². The van der Waals surface area contributed by atoms with Crippen LogP contribution in [0.15, 0.2) is 42.5 Å². The van der Waals surface area contributed by atoms with E-state index in [1.807, 2.05) is 30.3 Å². The molecule has 0 spiro atoms. The van der Waals surface area contributed by atoms with E-state index in [1.165, 1.54) is 5.56 Å². The normalized spacial score (nSPS) is 17.9. The molecule has 1 atom stereocenters. The van der Waals surface area contributed by atoms with Crippen molar-refractivity contribution in [2.45, 2.75) is 32.7 Å². The number of carbonyl (C=O) groups is 1. The number of anilines is 1. The highest BCUT2D eigenvalue weighted by Crippen LogP contribution is 2.26. The van der Waals surface area contributed by atoms with E-state index in [9.17, 15) is 4.79 Å². The summed E-state index contributed by atoms with van der Waals surface area (Å²) in [6, 6.07) is 13.6. The summed E-state index contributed by atoms with van der Waals surface area (Å²) in [6.45, 7) is 4.57. The first kappa shape index (κ1) is 19.2. The number of para-hydroxylation sites is 1. The summed E-state index contributed by atoms with van der Waals surface area (Å²) >= 11 is 12.3. The van der Waals surface area contributed by atoms with E-state index in [1.54, 1.807) is 6.07 Å². The SMILES string of the molecule is CCc1ccccc1NC(=O)C1CCCN(Cc2ccc(Cl)cc2Cl)C1. The fourth-order valence-corrected chi connectivity index (χ4v) is 3.96. The molecular formula is C21H24Cl2N2O. The lowest BCUT2D eigenvalue weighted by molar-refractivity contribution is -0.121. The Kier molecular flexibility index (Phi) is 6.58. The number of likely N-dealkylation sites (tertiary alicyclic amines) is 1. The van der Waals surface area contributed by atoms with Gasteiger partial charge in [-0.15, -0.1) is 0 Å². The van der Waals surface area contributed by atoms with Crippen LogP contribution in [0.1, 0.15) is 30.9 Å². The van der Waals surface area contributed by atoms with Crippen LogP contribution in [0.25, 0.3) is 0 Å². The minimum absolute atomic E-state index is 0.000243. The van der Waals surface area contributed by atoms with E-state index >= 15 is 0 Å². The highest BCUT2D eigenvalue weighted by Gasteiger charge is 2.26. The summed E-state index contributed by atoms with van der Waals surface area (Å²) in [5.41, 5.74) is 3.15. The molecule has 2 aromatic rings. The van der Waals surface area contributed by atoms with E-state index in [0.717, 1.165) is 50.1 Å². The zero-order valence-corrected chi connectivity index (χ0v) is 16.5. The van der Waals surface area contributed by atoms with Crippen LogP contribution in [-0.4, -0.2) is 23.9 Å². The van der Waals surface area contributed by atoms with Gasteiger partial charge in [0, 0.05) is 28.8 Å². The van der Waals surface area contributed by atoms with Gasteiger partial charge in [0.15, 0.2) is 0 Å². The second kappa shape index (κ2) is 8.90. The molecule has 1 N–H and O–H groups in total. The van der Waals surface area contributed by atoms with Gasteiger partial charge in [-0.1, -0.05) is 54.4 Å². The van der Waals surface area contributed by atoms with Crippen LogP contribution in [0.5, 0.6) is 0 Å². The number of amides is 1. The van der Waals surface area contributed by atoms with E-state index in [2.05, 4.69) is 23.2 Å². The second-order valence-corrected chi connectivity index (χ2v) is 7.65. The molecule has 1 heterocycles. The first-order chi connectivity index (χ1) is 12.6. The van der Waals surface area contributed by atoms with E-state index in [0.29, 0.717) is 10.0 Å². The lowest BCUT2D eigenvalue weighted by atomic mass is 9.96. The molecule has 138 valence electrons. The van der Waals surface area contributed by atoms with Gasteiger partial charge in [-0.25, -0.2) is 0 Å². The first-order valence-electron chi connectivity index (χ1n) is 9.12. The Morgan fingerprint density at radius 2 is 2.00 bits per heavy atom. The fraction of sp³-hybridized carbons (Fsp3) is 0.381. The molecule has 1 amide bonds. The molecule has 0 saturated carbocycles. The Labute approximate surface area is 165 Å². The average molecular weight is 391 g/mol. The van der Waals surface area contributed by atoms with Gasteiger partial charge in [0.1, 0.15) is 0 Å². The summed E-state index contributed by atoms with van der Waals surface area (Å²) in [4.78, 5) is 15.1. The average Bonchev–Trinajstić information content (AvgIpc) is 2.65. The van der Waals surface area contributed by atoms with Gasteiger partial charge in [-0.05, 0) is 55.1 Å². The number of hydrogen-bond acceptors (Lipinski definition) is 2. The number of halogens is 2. The second-order valence-electron chi connectivity index (χ2n) is 6.81. The Bertz CT molecular complexity index is 778. The lowest BCUT2D eigenvalue weighted by Crippen LogP contribution is -2.40. The van der Waals surface area contributed by atoms with Crippen molar-refractivity contribution in [2.24, 2.45) is 5.92 Å². The Hall–Kier alpha value is -1.55. The predicted molar refractivity (Wildman–Crippen MR) is 109 cm³/mol. The standard InChI is InChI=1S/C21H24Cl2N2O/c1-2-15-6-3-4-8-20(15)24-21(26)17-7-5-11-25(14-17)13-16-9-10-18(22)12-19(16)23/h3-4,6,8-10,12,17H,2,5,7,11,13-14H2,1H3,(H,24,26). The van der Waals surface area contributed by atoms with Crippen LogP contribution in [0.2, 0.25) is 10.0 Å². The van der Waals surface area contributed by atoms with Gasteiger partial charge in [0.2, 0.25) is 5.91 Å². The molecular weight excluding hydrogens is 367 g/mol. The molecule has 26 heavy (non-hydrogen) atoms. The number of hydrogen-bond donors (Lipinski definition) is 1. The maximum absolute atomic E-state index is 12.8. The van der Waals surface area contributed by atoms with Crippen molar-refractivity contribution in [2.75, 3.05) is 18.4 Å². The lowest BCUT2D eigenvalue weighted by Gasteiger charge is -2.32.